The quantitative estimate of drug-likeness (QED) is 0.0558. The smallest absolute Gasteiger partial charge is 0.326 e. The van der Waals surface area contributed by atoms with Crippen LogP contribution in [0, 0.1) is 5.92 Å². The third-order valence-corrected chi connectivity index (χ3v) is 6.13. The van der Waals surface area contributed by atoms with Gasteiger partial charge in [-0.2, -0.15) is 0 Å². The van der Waals surface area contributed by atoms with Gasteiger partial charge < -0.3 is 49.1 Å². The summed E-state index contributed by atoms with van der Waals surface area (Å²) in [6.45, 7) is 3.77. The molecule has 15 heteroatoms. The lowest BCUT2D eigenvalue weighted by molar-refractivity contribution is -0.142. The van der Waals surface area contributed by atoms with E-state index in [0.717, 1.165) is 0 Å². The minimum absolute atomic E-state index is 0.0150. The average Bonchev–Trinajstić information content (AvgIpc) is 2.88. The number of phenols is 1. The summed E-state index contributed by atoms with van der Waals surface area (Å²) in [6.07, 6.45) is 0.377. The molecule has 0 heterocycles. The van der Waals surface area contributed by atoms with Gasteiger partial charge in [0.05, 0.1) is 12.5 Å². The van der Waals surface area contributed by atoms with Crippen molar-refractivity contribution in [3.8, 4) is 5.75 Å². The molecule has 0 saturated carbocycles. The van der Waals surface area contributed by atoms with E-state index in [0.29, 0.717) is 18.4 Å². The van der Waals surface area contributed by atoms with Crippen LogP contribution in [-0.4, -0.2) is 76.5 Å². The highest BCUT2D eigenvalue weighted by atomic mass is 16.4. The fourth-order valence-electron chi connectivity index (χ4n) is 3.62. The number of hydrogen-bond acceptors (Lipinski definition) is 8. The number of hydrogen-bond donors (Lipinski definition) is 9. The number of carbonyl (C=O) groups is 5. The van der Waals surface area contributed by atoms with Crippen molar-refractivity contribution in [1.82, 2.24) is 16.0 Å². The number of nitrogens with two attached hydrogens (primary N) is 4. The van der Waals surface area contributed by atoms with Crippen molar-refractivity contribution in [3.63, 3.8) is 0 Å². The number of aliphatic imine (C=N–C) groups is 1. The Balaban J connectivity index is 2.98. The number of rotatable bonds is 17. The van der Waals surface area contributed by atoms with E-state index < -0.39 is 66.1 Å². The monoisotopic (exact) mass is 564 g/mol. The van der Waals surface area contributed by atoms with Crippen molar-refractivity contribution < 1.29 is 34.2 Å². The Morgan fingerprint density at radius 1 is 0.925 bits per heavy atom. The summed E-state index contributed by atoms with van der Waals surface area (Å²) < 4.78 is 0. The first-order chi connectivity index (χ1) is 18.7. The van der Waals surface area contributed by atoms with Crippen LogP contribution >= 0.6 is 0 Å². The van der Waals surface area contributed by atoms with E-state index in [-0.39, 0.29) is 31.1 Å². The highest BCUT2D eigenvalue weighted by Gasteiger charge is 2.33. The predicted octanol–water partition coefficient (Wildman–Crippen LogP) is -2.22. The first-order valence-corrected chi connectivity index (χ1v) is 12.8. The molecule has 0 saturated heterocycles. The molecule has 0 aliphatic rings. The Labute approximate surface area is 232 Å². The van der Waals surface area contributed by atoms with Crippen LogP contribution < -0.4 is 38.9 Å². The summed E-state index contributed by atoms with van der Waals surface area (Å²) in [5.74, 6) is -5.11. The molecule has 1 aromatic carbocycles. The van der Waals surface area contributed by atoms with Gasteiger partial charge in [-0.1, -0.05) is 32.4 Å². The third kappa shape index (κ3) is 12.0. The Morgan fingerprint density at radius 2 is 1.52 bits per heavy atom. The van der Waals surface area contributed by atoms with Crippen molar-refractivity contribution in [3.05, 3.63) is 29.8 Å². The molecule has 222 valence electrons. The lowest BCUT2D eigenvalue weighted by Gasteiger charge is -2.27. The van der Waals surface area contributed by atoms with Crippen molar-refractivity contribution in [1.29, 1.82) is 0 Å². The average molecular weight is 565 g/mol. The molecule has 1 rings (SSSR count). The lowest BCUT2D eigenvalue weighted by Crippen LogP contribution is -2.59. The molecule has 0 aromatic heterocycles. The first kappa shape index (κ1) is 33.6. The van der Waals surface area contributed by atoms with Crippen LogP contribution in [-0.2, 0) is 30.4 Å². The van der Waals surface area contributed by atoms with E-state index in [2.05, 4.69) is 20.9 Å². The Bertz CT molecular complexity index is 1060. The first-order valence-electron chi connectivity index (χ1n) is 12.8. The number of nitrogens with zero attached hydrogens (tertiary/aromatic N) is 1. The molecule has 5 atom stereocenters. The molecular formula is C25H40N8O7. The highest BCUT2D eigenvalue weighted by Crippen LogP contribution is 2.13. The summed E-state index contributed by atoms with van der Waals surface area (Å²) in [5, 5.41) is 26.3. The van der Waals surface area contributed by atoms with E-state index in [1.54, 1.807) is 13.8 Å². The fourth-order valence-corrected chi connectivity index (χ4v) is 3.62. The van der Waals surface area contributed by atoms with Gasteiger partial charge in [0.15, 0.2) is 5.96 Å². The molecule has 4 amide bonds. The Hall–Kier alpha value is -4.40. The Kier molecular flexibility index (Phi) is 13.9. The summed E-state index contributed by atoms with van der Waals surface area (Å²) in [6, 6.07) is 0.716. The number of carboxylic acids is 1. The van der Waals surface area contributed by atoms with Crippen LogP contribution in [0.25, 0.3) is 0 Å². The SMILES string of the molecule is CCC(C)C(NC(=O)C(N)CCCN=C(N)N)C(=O)NC(CC(N)=O)C(=O)NC(Cc1ccc(O)cc1)C(=O)O. The maximum absolute atomic E-state index is 13.2. The Morgan fingerprint density at radius 3 is 2.05 bits per heavy atom. The van der Waals surface area contributed by atoms with E-state index in [1.807, 2.05) is 0 Å². The van der Waals surface area contributed by atoms with Gasteiger partial charge in [0, 0.05) is 13.0 Å². The maximum Gasteiger partial charge on any atom is 0.326 e. The zero-order valence-electron chi connectivity index (χ0n) is 22.6. The van der Waals surface area contributed by atoms with Crippen molar-refractivity contribution in [2.45, 2.75) is 70.1 Å². The predicted molar refractivity (Wildman–Crippen MR) is 146 cm³/mol. The zero-order valence-corrected chi connectivity index (χ0v) is 22.6. The van der Waals surface area contributed by atoms with Gasteiger partial charge in [-0.05, 0) is 36.5 Å². The molecule has 0 bridgehead atoms. The number of nitrogens with one attached hydrogen (secondary N) is 3. The van der Waals surface area contributed by atoms with Gasteiger partial charge in [0.1, 0.15) is 23.9 Å². The van der Waals surface area contributed by atoms with Crippen molar-refractivity contribution in [2.75, 3.05) is 6.54 Å². The minimum atomic E-state index is -1.51. The van der Waals surface area contributed by atoms with Crippen LogP contribution in [0.15, 0.2) is 29.3 Å². The number of primary amides is 1. The van der Waals surface area contributed by atoms with Crippen LogP contribution in [0.2, 0.25) is 0 Å². The van der Waals surface area contributed by atoms with E-state index in [4.69, 9.17) is 22.9 Å². The topological polar surface area (TPSA) is 278 Å². The number of benzene rings is 1. The number of guanidine groups is 1. The second-order valence-corrected chi connectivity index (χ2v) is 9.43. The van der Waals surface area contributed by atoms with Crippen LogP contribution in [0.1, 0.15) is 45.1 Å². The van der Waals surface area contributed by atoms with E-state index in [9.17, 15) is 34.2 Å². The second-order valence-electron chi connectivity index (χ2n) is 9.43. The maximum atomic E-state index is 13.2. The van der Waals surface area contributed by atoms with Crippen molar-refractivity contribution >= 4 is 35.6 Å². The number of phenolic OH excluding ortho intramolecular Hbond substituents is 1. The van der Waals surface area contributed by atoms with Gasteiger partial charge in [-0.3, -0.25) is 24.2 Å². The largest absolute Gasteiger partial charge is 0.508 e. The molecular weight excluding hydrogens is 524 g/mol. The van der Waals surface area contributed by atoms with Gasteiger partial charge in [0.2, 0.25) is 23.6 Å². The van der Waals surface area contributed by atoms with Crippen molar-refractivity contribution in [2.24, 2.45) is 33.8 Å². The second kappa shape index (κ2) is 16.5. The molecule has 0 radical (unpaired) electrons. The minimum Gasteiger partial charge on any atom is -0.508 e. The van der Waals surface area contributed by atoms with Gasteiger partial charge in [0.25, 0.3) is 0 Å². The highest BCUT2D eigenvalue weighted by molar-refractivity contribution is 5.96. The number of amides is 4. The molecule has 0 aliphatic heterocycles. The number of carbonyl (C=O) groups excluding carboxylic acids is 4. The molecule has 1 aromatic rings. The molecule has 0 aliphatic carbocycles. The summed E-state index contributed by atoms with van der Waals surface area (Å²) in [5.41, 5.74) is 22.3. The number of carboxylic acid groups (broad SMARTS) is 1. The molecule has 5 unspecified atom stereocenters. The summed E-state index contributed by atoms with van der Waals surface area (Å²) in [7, 11) is 0. The zero-order chi connectivity index (χ0) is 30.4. The van der Waals surface area contributed by atoms with Crippen LogP contribution in [0.3, 0.4) is 0 Å². The molecule has 0 spiro atoms. The van der Waals surface area contributed by atoms with E-state index in [1.165, 1.54) is 24.3 Å². The standard InChI is InChI=1S/C25H40N8O7/c1-3-13(2)20(33-21(36)16(26)5-4-10-30-25(28)29)23(38)31-17(12-19(27)35)22(37)32-18(24(39)40)11-14-6-8-15(34)9-7-14/h6-9,13,16-18,20,34H,3-5,10-12,26H2,1-2H3,(H2,27,35)(H,31,38)(H,32,37)(H,33,36)(H,39,40)(H4,28,29,30). The molecule has 13 N–H and O–H groups in total. The van der Waals surface area contributed by atoms with Crippen LogP contribution in [0.4, 0.5) is 0 Å². The fraction of sp³-hybridized carbons (Fsp3) is 0.520. The van der Waals surface area contributed by atoms with E-state index >= 15 is 0 Å². The van der Waals surface area contributed by atoms with Gasteiger partial charge >= 0.3 is 5.97 Å². The summed E-state index contributed by atoms with van der Waals surface area (Å²) in [4.78, 5) is 66.2. The van der Waals surface area contributed by atoms with Gasteiger partial charge in [-0.25, -0.2) is 4.79 Å². The normalized spacial score (nSPS) is 14.5. The number of aliphatic carboxylic acids is 1. The van der Waals surface area contributed by atoms with Crippen LogP contribution in [0.5, 0.6) is 5.75 Å². The molecule has 0 fully saturated rings. The third-order valence-electron chi connectivity index (χ3n) is 6.13. The molecule has 40 heavy (non-hydrogen) atoms. The van der Waals surface area contributed by atoms with Gasteiger partial charge in [-0.15, -0.1) is 0 Å². The number of aromatic hydroxyl groups is 1. The summed E-state index contributed by atoms with van der Waals surface area (Å²) >= 11 is 0. The molecule has 15 nitrogen and oxygen atoms in total. The lowest BCUT2D eigenvalue weighted by atomic mass is 9.97.